The Morgan fingerprint density at radius 1 is 1.30 bits per heavy atom. The van der Waals surface area contributed by atoms with Crippen molar-refractivity contribution in [3.05, 3.63) is 45.4 Å². The largest absolute Gasteiger partial charge is 0.487 e. The number of aromatic carboxylic acids is 1. The molecule has 0 amide bonds. The summed E-state index contributed by atoms with van der Waals surface area (Å²) < 4.78 is 5.70. The van der Waals surface area contributed by atoms with Gasteiger partial charge in [-0.25, -0.2) is 9.78 Å². The Morgan fingerprint density at radius 3 is 2.85 bits per heavy atom. The predicted octanol–water partition coefficient (Wildman–Crippen LogP) is 3.30. The molecule has 1 aromatic heterocycles. The lowest BCUT2D eigenvalue weighted by atomic mass is 9.92. The van der Waals surface area contributed by atoms with E-state index in [9.17, 15) is 4.79 Å². The molecule has 1 heterocycles. The van der Waals surface area contributed by atoms with E-state index >= 15 is 0 Å². The molecule has 1 aliphatic rings. The second-order valence-electron chi connectivity index (χ2n) is 4.88. The molecule has 0 saturated carbocycles. The van der Waals surface area contributed by atoms with Crippen LogP contribution in [0.3, 0.4) is 0 Å². The lowest BCUT2D eigenvalue weighted by Gasteiger charge is -2.16. The van der Waals surface area contributed by atoms with E-state index in [0.29, 0.717) is 12.3 Å². The van der Waals surface area contributed by atoms with E-state index in [1.807, 2.05) is 6.07 Å². The zero-order valence-electron chi connectivity index (χ0n) is 11.0. The number of nitrogens with zero attached hydrogens (tertiary/aromatic N) is 1. The number of carbonyl (C=O) groups is 1. The molecule has 104 valence electrons. The fourth-order valence-corrected chi connectivity index (χ4v) is 3.07. The van der Waals surface area contributed by atoms with Gasteiger partial charge in [-0.2, -0.15) is 0 Å². The summed E-state index contributed by atoms with van der Waals surface area (Å²) in [5.41, 5.74) is 3.45. The maximum Gasteiger partial charge on any atom is 0.365 e. The standard InChI is InChI=1S/C15H15NO3S/c17-15(18)14-16-12(9-20-14)8-19-13-6-5-10-3-1-2-4-11(10)7-13/h5-7,9H,1-4,8H2,(H,17,18). The monoisotopic (exact) mass is 289 g/mol. The van der Waals surface area contributed by atoms with Gasteiger partial charge in [0.1, 0.15) is 12.4 Å². The second kappa shape index (κ2) is 5.63. The van der Waals surface area contributed by atoms with Gasteiger partial charge in [0.05, 0.1) is 5.69 Å². The first-order chi connectivity index (χ1) is 9.72. The molecule has 20 heavy (non-hydrogen) atoms. The number of rotatable bonds is 4. The fraction of sp³-hybridized carbons (Fsp3) is 0.333. The number of hydrogen-bond acceptors (Lipinski definition) is 4. The second-order valence-corrected chi connectivity index (χ2v) is 5.73. The van der Waals surface area contributed by atoms with Gasteiger partial charge < -0.3 is 9.84 Å². The van der Waals surface area contributed by atoms with Crippen LogP contribution in [0.25, 0.3) is 0 Å². The average Bonchev–Trinajstić information content (AvgIpc) is 2.94. The van der Waals surface area contributed by atoms with Gasteiger partial charge in [-0.3, -0.25) is 0 Å². The van der Waals surface area contributed by atoms with Gasteiger partial charge in [0, 0.05) is 5.38 Å². The van der Waals surface area contributed by atoms with Crippen molar-refractivity contribution in [2.75, 3.05) is 0 Å². The molecule has 0 radical (unpaired) electrons. The summed E-state index contributed by atoms with van der Waals surface area (Å²) in [5.74, 6) is -0.162. The van der Waals surface area contributed by atoms with E-state index in [4.69, 9.17) is 9.84 Å². The average molecular weight is 289 g/mol. The summed E-state index contributed by atoms with van der Waals surface area (Å²) in [7, 11) is 0. The summed E-state index contributed by atoms with van der Waals surface area (Å²) in [4.78, 5) is 14.8. The third-order valence-electron chi connectivity index (χ3n) is 3.44. The molecule has 0 unspecified atom stereocenters. The van der Waals surface area contributed by atoms with Crippen molar-refractivity contribution in [2.45, 2.75) is 32.3 Å². The van der Waals surface area contributed by atoms with E-state index in [0.717, 1.165) is 29.9 Å². The van der Waals surface area contributed by atoms with Gasteiger partial charge in [-0.15, -0.1) is 11.3 Å². The van der Waals surface area contributed by atoms with Gasteiger partial charge in [0.2, 0.25) is 5.01 Å². The molecular formula is C15H15NO3S. The quantitative estimate of drug-likeness (QED) is 0.938. The molecule has 1 aromatic carbocycles. The van der Waals surface area contributed by atoms with Crippen molar-refractivity contribution in [3.8, 4) is 5.75 Å². The summed E-state index contributed by atoms with van der Waals surface area (Å²) >= 11 is 1.12. The Hall–Kier alpha value is -1.88. The molecule has 4 nitrogen and oxygen atoms in total. The van der Waals surface area contributed by atoms with Crippen LogP contribution in [0.4, 0.5) is 0 Å². The van der Waals surface area contributed by atoms with Crippen molar-refractivity contribution < 1.29 is 14.6 Å². The molecule has 1 N–H and O–H groups in total. The zero-order valence-corrected chi connectivity index (χ0v) is 11.8. The third-order valence-corrected chi connectivity index (χ3v) is 4.32. The topological polar surface area (TPSA) is 59.4 Å². The fourth-order valence-electron chi connectivity index (χ4n) is 2.43. The number of thiazole rings is 1. The van der Waals surface area contributed by atoms with Crippen LogP contribution in [-0.4, -0.2) is 16.1 Å². The molecule has 2 aromatic rings. The van der Waals surface area contributed by atoms with Crippen molar-refractivity contribution >= 4 is 17.3 Å². The number of hydrogen-bond donors (Lipinski definition) is 1. The molecule has 0 aliphatic heterocycles. The summed E-state index contributed by atoms with van der Waals surface area (Å²) in [6.45, 7) is 0.308. The summed E-state index contributed by atoms with van der Waals surface area (Å²) in [6.07, 6.45) is 4.78. The van der Waals surface area contributed by atoms with E-state index in [-0.39, 0.29) is 5.01 Å². The van der Waals surface area contributed by atoms with Gasteiger partial charge in [0.25, 0.3) is 0 Å². The molecule has 1 aliphatic carbocycles. The van der Waals surface area contributed by atoms with Gasteiger partial charge in [0.15, 0.2) is 0 Å². The Kier molecular flexibility index (Phi) is 3.69. The van der Waals surface area contributed by atoms with E-state index in [1.54, 1.807) is 5.38 Å². The van der Waals surface area contributed by atoms with Crippen molar-refractivity contribution in [2.24, 2.45) is 0 Å². The molecule has 0 fully saturated rings. The number of carboxylic acid groups (broad SMARTS) is 1. The van der Waals surface area contributed by atoms with Crippen molar-refractivity contribution in [1.82, 2.24) is 4.98 Å². The van der Waals surface area contributed by atoms with E-state index in [2.05, 4.69) is 17.1 Å². The minimum absolute atomic E-state index is 0.106. The number of ether oxygens (including phenoxy) is 1. The van der Waals surface area contributed by atoms with E-state index < -0.39 is 5.97 Å². The molecule has 5 heteroatoms. The van der Waals surface area contributed by atoms with Gasteiger partial charge >= 0.3 is 5.97 Å². The number of aromatic nitrogens is 1. The van der Waals surface area contributed by atoms with Gasteiger partial charge in [-0.05, 0) is 48.9 Å². The third kappa shape index (κ3) is 2.82. The number of fused-ring (bicyclic) bond motifs is 1. The smallest absolute Gasteiger partial charge is 0.365 e. The highest BCUT2D eigenvalue weighted by Crippen LogP contribution is 2.25. The highest BCUT2D eigenvalue weighted by molar-refractivity contribution is 7.11. The first-order valence-electron chi connectivity index (χ1n) is 6.64. The van der Waals surface area contributed by atoms with Crippen LogP contribution in [0, 0.1) is 0 Å². The van der Waals surface area contributed by atoms with Gasteiger partial charge in [-0.1, -0.05) is 6.07 Å². The minimum atomic E-state index is -0.991. The predicted molar refractivity (Wildman–Crippen MR) is 76.5 cm³/mol. The zero-order chi connectivity index (χ0) is 13.9. The Morgan fingerprint density at radius 2 is 2.10 bits per heavy atom. The minimum Gasteiger partial charge on any atom is -0.487 e. The normalized spacial score (nSPS) is 13.8. The van der Waals surface area contributed by atoms with Crippen molar-refractivity contribution in [3.63, 3.8) is 0 Å². The maximum absolute atomic E-state index is 10.8. The van der Waals surface area contributed by atoms with Crippen LogP contribution in [0.1, 0.15) is 39.5 Å². The van der Waals surface area contributed by atoms with E-state index in [1.165, 1.54) is 24.0 Å². The van der Waals surface area contributed by atoms with Crippen LogP contribution < -0.4 is 4.74 Å². The Balaban J connectivity index is 1.67. The molecule has 3 rings (SSSR count). The molecule has 0 saturated heterocycles. The summed E-state index contributed by atoms with van der Waals surface area (Å²) in [6, 6.07) is 6.21. The SMILES string of the molecule is O=C(O)c1nc(COc2ccc3c(c2)CCCC3)cs1. The Labute approximate surface area is 121 Å². The first kappa shape index (κ1) is 13.1. The molecular weight excluding hydrogens is 274 g/mol. The van der Waals surface area contributed by atoms with Crippen LogP contribution in [0.15, 0.2) is 23.6 Å². The maximum atomic E-state index is 10.8. The van der Waals surface area contributed by atoms with Crippen LogP contribution >= 0.6 is 11.3 Å². The van der Waals surface area contributed by atoms with Crippen LogP contribution in [-0.2, 0) is 19.4 Å². The lowest BCUT2D eigenvalue weighted by Crippen LogP contribution is -2.04. The summed E-state index contributed by atoms with van der Waals surface area (Å²) in [5, 5.41) is 10.7. The van der Waals surface area contributed by atoms with Crippen LogP contribution in [0.5, 0.6) is 5.75 Å². The first-order valence-corrected chi connectivity index (χ1v) is 7.52. The number of aryl methyl sites for hydroxylation is 2. The molecule has 0 bridgehead atoms. The van der Waals surface area contributed by atoms with Crippen LogP contribution in [0.2, 0.25) is 0 Å². The highest BCUT2D eigenvalue weighted by Gasteiger charge is 2.11. The highest BCUT2D eigenvalue weighted by atomic mass is 32.1. The lowest BCUT2D eigenvalue weighted by molar-refractivity contribution is 0.0696. The van der Waals surface area contributed by atoms with Crippen molar-refractivity contribution in [1.29, 1.82) is 0 Å². The Bertz CT molecular complexity index is 636. The molecule has 0 spiro atoms. The molecule has 0 atom stereocenters. The number of carboxylic acids is 1. The number of benzene rings is 1.